The van der Waals surface area contributed by atoms with Crippen LogP contribution in [0.2, 0.25) is 5.02 Å². The summed E-state index contributed by atoms with van der Waals surface area (Å²) >= 11 is 10.9. The van der Waals surface area contributed by atoms with Crippen molar-refractivity contribution in [3.8, 4) is 0 Å². The molecule has 1 atom stereocenters. The minimum Gasteiger partial charge on any atom is -0.210 e. The Labute approximate surface area is 98.4 Å². The number of rotatable bonds is 3. The van der Waals surface area contributed by atoms with E-state index in [2.05, 4.69) is 4.84 Å². The Morgan fingerprint density at radius 1 is 1.25 bits per heavy atom. The Kier molecular flexibility index (Phi) is 4.23. The van der Waals surface area contributed by atoms with Crippen molar-refractivity contribution in [1.29, 1.82) is 0 Å². The summed E-state index contributed by atoms with van der Waals surface area (Å²) in [4.78, 5) is 3.80. The van der Waals surface area contributed by atoms with Crippen molar-refractivity contribution in [3.63, 3.8) is 0 Å². The molecule has 8 heteroatoms. The maximum atomic E-state index is 12.5. The van der Waals surface area contributed by atoms with Gasteiger partial charge in [-0.3, -0.25) is 0 Å². The molecule has 90 valence electrons. The van der Waals surface area contributed by atoms with Gasteiger partial charge >= 0.3 is 12.5 Å². The van der Waals surface area contributed by atoms with E-state index in [0.717, 1.165) is 0 Å². The van der Waals surface area contributed by atoms with Crippen LogP contribution in [-0.4, -0.2) is 12.5 Å². The van der Waals surface area contributed by atoms with Gasteiger partial charge in [-0.1, -0.05) is 23.7 Å². The third-order valence-corrected chi connectivity index (χ3v) is 2.07. The second-order valence-electron chi connectivity index (χ2n) is 2.66. The molecule has 0 saturated heterocycles. The van der Waals surface area contributed by atoms with Crippen LogP contribution in [0.1, 0.15) is 0 Å². The van der Waals surface area contributed by atoms with Gasteiger partial charge in [0.05, 0.1) is 5.02 Å². The molecule has 0 radical (unpaired) electrons. The fourth-order valence-corrected chi connectivity index (χ4v) is 1.27. The summed E-state index contributed by atoms with van der Waals surface area (Å²) in [5.41, 5.74) is -0.0854. The van der Waals surface area contributed by atoms with Gasteiger partial charge in [-0.25, -0.2) is 9.23 Å². The van der Waals surface area contributed by atoms with Crippen molar-refractivity contribution in [2.24, 2.45) is 0 Å². The minimum atomic E-state index is -5.14. The van der Waals surface area contributed by atoms with Gasteiger partial charge in [0.25, 0.3) is 0 Å². The Morgan fingerprint density at radius 2 is 1.81 bits per heavy atom. The molecule has 16 heavy (non-hydrogen) atoms. The van der Waals surface area contributed by atoms with E-state index in [-0.39, 0.29) is 15.3 Å². The second kappa shape index (κ2) is 5.07. The first-order chi connectivity index (χ1) is 7.32. The van der Waals surface area contributed by atoms with Gasteiger partial charge in [0.2, 0.25) is 0 Å². The van der Waals surface area contributed by atoms with E-state index in [1.807, 2.05) is 0 Å². The minimum absolute atomic E-state index is 0.0341. The lowest BCUT2D eigenvalue weighted by atomic mass is 10.3. The largest absolute Gasteiger partial charge is 0.447 e. The topological polar surface area (TPSA) is 12.5 Å². The highest BCUT2D eigenvalue weighted by molar-refractivity contribution is 6.35. The molecular formula is C8H5Cl2F4NO. The van der Waals surface area contributed by atoms with E-state index in [1.54, 1.807) is 0 Å². The Morgan fingerprint density at radius 3 is 2.31 bits per heavy atom. The standard InChI is InChI=1S/C8H5Cl2F4NO/c9-5-3-1-2-4-6(5)15(10)16-7(11)8(12,13)14/h1-4,7H. The second-order valence-corrected chi connectivity index (χ2v) is 3.37. The highest BCUT2D eigenvalue weighted by atomic mass is 35.5. The zero-order chi connectivity index (χ0) is 12.3. The molecule has 0 heterocycles. The third kappa shape index (κ3) is 3.40. The Bertz CT molecular complexity index is 360. The first-order valence-electron chi connectivity index (χ1n) is 3.90. The van der Waals surface area contributed by atoms with E-state index in [0.29, 0.717) is 0 Å². The Balaban J connectivity index is 2.73. The van der Waals surface area contributed by atoms with E-state index in [1.165, 1.54) is 24.3 Å². The number of anilines is 1. The summed E-state index contributed by atoms with van der Waals surface area (Å²) in [6.45, 7) is 0. The highest BCUT2D eigenvalue weighted by Gasteiger charge is 2.43. The van der Waals surface area contributed by atoms with Crippen LogP contribution >= 0.6 is 23.4 Å². The third-order valence-electron chi connectivity index (χ3n) is 1.48. The van der Waals surface area contributed by atoms with E-state index < -0.39 is 12.5 Å². The quantitative estimate of drug-likeness (QED) is 0.469. The van der Waals surface area contributed by atoms with Crippen molar-refractivity contribution >= 4 is 29.1 Å². The fraction of sp³-hybridized carbons (Fsp3) is 0.250. The van der Waals surface area contributed by atoms with Crippen LogP contribution in [0.25, 0.3) is 0 Å². The molecule has 1 aromatic rings. The maximum absolute atomic E-state index is 12.5. The summed E-state index contributed by atoms with van der Waals surface area (Å²) in [5.74, 6) is 0. The predicted octanol–water partition coefficient (Wildman–Crippen LogP) is 4.09. The molecule has 0 spiro atoms. The monoisotopic (exact) mass is 277 g/mol. The van der Waals surface area contributed by atoms with Gasteiger partial charge in [0, 0.05) is 11.8 Å². The van der Waals surface area contributed by atoms with E-state index >= 15 is 0 Å². The summed E-state index contributed by atoms with van der Waals surface area (Å²) in [6, 6.07) is 5.64. The van der Waals surface area contributed by atoms with Crippen LogP contribution < -0.4 is 4.58 Å². The molecule has 0 fully saturated rings. The van der Waals surface area contributed by atoms with Crippen LogP contribution in [0, 0.1) is 0 Å². The number of alkyl halides is 4. The molecule has 0 N–H and O–H groups in total. The highest BCUT2D eigenvalue weighted by Crippen LogP contribution is 2.31. The number of hydrogen-bond donors (Lipinski definition) is 0. The number of halogens is 6. The van der Waals surface area contributed by atoms with Gasteiger partial charge < -0.3 is 0 Å². The molecule has 0 amide bonds. The van der Waals surface area contributed by atoms with Crippen molar-refractivity contribution in [3.05, 3.63) is 29.3 Å². The van der Waals surface area contributed by atoms with E-state index in [9.17, 15) is 17.6 Å². The van der Waals surface area contributed by atoms with Crippen LogP contribution in [-0.2, 0) is 4.84 Å². The lowest BCUT2D eigenvalue weighted by molar-refractivity contribution is -0.262. The number of para-hydroxylation sites is 1. The number of benzene rings is 1. The summed E-state index contributed by atoms with van der Waals surface area (Å²) in [6.07, 6.45) is -8.66. The SMILES string of the molecule is FC(ON(Cl)c1ccccc1Cl)C(F)(F)F. The molecule has 0 saturated carbocycles. The normalized spacial score (nSPS) is 13.6. The zero-order valence-corrected chi connectivity index (χ0v) is 9.02. The summed E-state index contributed by atoms with van der Waals surface area (Å²) in [5, 5.41) is 0.0341. The molecule has 0 aliphatic carbocycles. The lowest BCUT2D eigenvalue weighted by Gasteiger charge is -2.20. The van der Waals surface area contributed by atoms with E-state index in [4.69, 9.17) is 23.4 Å². The zero-order valence-electron chi connectivity index (χ0n) is 7.51. The number of hydrogen-bond acceptors (Lipinski definition) is 2. The first-order valence-corrected chi connectivity index (χ1v) is 4.62. The van der Waals surface area contributed by atoms with Gasteiger partial charge in [-0.15, -0.1) is 0 Å². The molecular weight excluding hydrogens is 273 g/mol. The van der Waals surface area contributed by atoms with Crippen molar-refractivity contribution in [2.45, 2.75) is 12.5 Å². The van der Waals surface area contributed by atoms with Crippen molar-refractivity contribution in [1.82, 2.24) is 0 Å². The Hall–Kier alpha value is -0.720. The van der Waals surface area contributed by atoms with Crippen LogP contribution in [0.4, 0.5) is 23.2 Å². The smallest absolute Gasteiger partial charge is 0.210 e. The molecule has 0 bridgehead atoms. The van der Waals surface area contributed by atoms with Gasteiger partial charge in [-0.2, -0.15) is 17.8 Å². The van der Waals surface area contributed by atoms with Crippen LogP contribution in [0.15, 0.2) is 24.3 Å². The molecule has 0 aliphatic rings. The van der Waals surface area contributed by atoms with Gasteiger partial charge in [-0.05, 0) is 12.1 Å². The molecule has 0 aromatic heterocycles. The summed E-state index contributed by atoms with van der Waals surface area (Å²) in [7, 11) is 0. The summed E-state index contributed by atoms with van der Waals surface area (Å²) < 4.78 is 48.0. The fourth-order valence-electron chi connectivity index (χ4n) is 0.792. The predicted molar refractivity (Wildman–Crippen MR) is 51.8 cm³/mol. The van der Waals surface area contributed by atoms with Crippen LogP contribution in [0.3, 0.4) is 0 Å². The molecule has 0 aliphatic heterocycles. The first kappa shape index (κ1) is 13.3. The molecule has 1 unspecified atom stereocenters. The maximum Gasteiger partial charge on any atom is 0.447 e. The van der Waals surface area contributed by atoms with Gasteiger partial charge in [0.15, 0.2) is 0 Å². The number of nitrogens with zero attached hydrogens (tertiary/aromatic N) is 1. The molecule has 2 nitrogen and oxygen atoms in total. The average molecular weight is 278 g/mol. The van der Waals surface area contributed by atoms with Crippen molar-refractivity contribution in [2.75, 3.05) is 4.58 Å². The van der Waals surface area contributed by atoms with Crippen molar-refractivity contribution < 1.29 is 22.4 Å². The lowest BCUT2D eigenvalue weighted by Crippen LogP contribution is -2.32. The van der Waals surface area contributed by atoms with Crippen LogP contribution in [0.5, 0.6) is 0 Å². The average Bonchev–Trinajstić information content (AvgIpc) is 2.16. The van der Waals surface area contributed by atoms with Gasteiger partial charge in [0.1, 0.15) is 5.69 Å². The molecule has 1 aromatic carbocycles. The molecule has 1 rings (SSSR count).